The molecular formula is C18H22N2O4. The van der Waals surface area contributed by atoms with Gasteiger partial charge in [0.1, 0.15) is 12.4 Å². The summed E-state index contributed by atoms with van der Waals surface area (Å²) >= 11 is 0. The van der Waals surface area contributed by atoms with Crippen LogP contribution in [0.3, 0.4) is 0 Å². The standard InChI is InChI=1S/C18H22N2O4/c21-17(4-2-13-1-3-16-14(11-13)6-9-23-16)19-7-5-15(12-19)20-8-10-24-18(20)22/h1,3,11,15H,2,4-10,12H2. The van der Waals surface area contributed by atoms with Crippen LogP contribution in [-0.4, -0.2) is 60.7 Å². The van der Waals surface area contributed by atoms with E-state index in [0.717, 1.165) is 38.2 Å². The number of ether oxygens (including phenoxy) is 2. The van der Waals surface area contributed by atoms with Gasteiger partial charge in [-0.1, -0.05) is 12.1 Å². The first-order chi connectivity index (χ1) is 11.7. The Bertz CT molecular complexity index is 660. The molecule has 3 aliphatic rings. The number of nitrogens with zero attached hydrogens (tertiary/aromatic N) is 2. The minimum atomic E-state index is -0.241. The van der Waals surface area contributed by atoms with Crippen molar-refractivity contribution in [1.82, 2.24) is 9.80 Å². The van der Waals surface area contributed by atoms with Crippen molar-refractivity contribution in [3.63, 3.8) is 0 Å². The Morgan fingerprint density at radius 2 is 2.12 bits per heavy atom. The van der Waals surface area contributed by atoms with Gasteiger partial charge in [0.15, 0.2) is 0 Å². The predicted molar refractivity (Wildman–Crippen MR) is 87.0 cm³/mol. The van der Waals surface area contributed by atoms with Crippen LogP contribution in [0.2, 0.25) is 0 Å². The van der Waals surface area contributed by atoms with Gasteiger partial charge in [-0.15, -0.1) is 0 Å². The molecule has 0 saturated carbocycles. The molecular weight excluding hydrogens is 308 g/mol. The molecule has 1 atom stereocenters. The van der Waals surface area contributed by atoms with Crippen molar-refractivity contribution >= 4 is 12.0 Å². The van der Waals surface area contributed by atoms with E-state index in [4.69, 9.17) is 9.47 Å². The summed E-state index contributed by atoms with van der Waals surface area (Å²) < 4.78 is 10.5. The SMILES string of the molecule is O=C(CCc1ccc2c(c1)CCO2)N1CCC(N2CCOC2=O)C1. The van der Waals surface area contributed by atoms with Crippen LogP contribution in [-0.2, 0) is 22.4 Å². The van der Waals surface area contributed by atoms with Crippen molar-refractivity contribution in [1.29, 1.82) is 0 Å². The van der Waals surface area contributed by atoms with E-state index in [-0.39, 0.29) is 18.0 Å². The normalized spacial score (nSPS) is 22.5. The number of fused-ring (bicyclic) bond motifs is 1. The Labute approximate surface area is 141 Å². The first kappa shape index (κ1) is 15.3. The van der Waals surface area contributed by atoms with Crippen LogP contribution < -0.4 is 4.74 Å². The summed E-state index contributed by atoms with van der Waals surface area (Å²) in [5, 5.41) is 0. The molecule has 1 aromatic carbocycles. The zero-order chi connectivity index (χ0) is 16.5. The van der Waals surface area contributed by atoms with E-state index in [2.05, 4.69) is 6.07 Å². The van der Waals surface area contributed by atoms with E-state index in [0.29, 0.717) is 26.1 Å². The largest absolute Gasteiger partial charge is 0.493 e. The number of carbonyl (C=O) groups is 2. The first-order valence-electron chi connectivity index (χ1n) is 8.66. The number of cyclic esters (lactones) is 1. The van der Waals surface area contributed by atoms with Gasteiger partial charge in [0.2, 0.25) is 5.91 Å². The van der Waals surface area contributed by atoms with Gasteiger partial charge < -0.3 is 14.4 Å². The van der Waals surface area contributed by atoms with E-state index in [9.17, 15) is 9.59 Å². The molecule has 0 aromatic heterocycles. The Balaban J connectivity index is 1.30. The predicted octanol–water partition coefficient (Wildman–Crippen LogP) is 1.61. The highest BCUT2D eigenvalue weighted by molar-refractivity contribution is 5.77. The number of rotatable bonds is 4. The number of hydrogen-bond donors (Lipinski definition) is 0. The van der Waals surface area contributed by atoms with Crippen molar-refractivity contribution in [2.75, 3.05) is 32.8 Å². The monoisotopic (exact) mass is 330 g/mol. The maximum Gasteiger partial charge on any atom is 0.410 e. The molecule has 2 fully saturated rings. The molecule has 4 rings (SSSR count). The lowest BCUT2D eigenvalue weighted by Crippen LogP contribution is -2.39. The Hall–Kier alpha value is -2.24. The molecule has 1 aromatic rings. The number of aryl methyl sites for hydroxylation is 1. The van der Waals surface area contributed by atoms with Crippen LogP contribution in [0.25, 0.3) is 0 Å². The van der Waals surface area contributed by atoms with Crippen molar-refractivity contribution in [2.24, 2.45) is 0 Å². The summed E-state index contributed by atoms with van der Waals surface area (Å²) in [4.78, 5) is 27.7. The van der Waals surface area contributed by atoms with Gasteiger partial charge >= 0.3 is 6.09 Å². The van der Waals surface area contributed by atoms with Gasteiger partial charge in [-0.05, 0) is 30.0 Å². The average molecular weight is 330 g/mol. The van der Waals surface area contributed by atoms with Crippen LogP contribution in [0.1, 0.15) is 24.0 Å². The van der Waals surface area contributed by atoms with E-state index in [1.807, 2.05) is 17.0 Å². The zero-order valence-electron chi connectivity index (χ0n) is 13.7. The molecule has 24 heavy (non-hydrogen) atoms. The number of likely N-dealkylation sites (tertiary alicyclic amines) is 1. The fraction of sp³-hybridized carbons (Fsp3) is 0.556. The van der Waals surface area contributed by atoms with Gasteiger partial charge in [0, 0.05) is 25.9 Å². The highest BCUT2D eigenvalue weighted by Gasteiger charge is 2.35. The number of benzene rings is 1. The van der Waals surface area contributed by atoms with E-state index in [1.54, 1.807) is 4.90 Å². The molecule has 6 heteroatoms. The zero-order valence-corrected chi connectivity index (χ0v) is 13.7. The van der Waals surface area contributed by atoms with Crippen LogP contribution in [0.15, 0.2) is 18.2 Å². The Morgan fingerprint density at radius 1 is 1.21 bits per heavy atom. The van der Waals surface area contributed by atoms with Crippen molar-refractivity contribution in [3.05, 3.63) is 29.3 Å². The fourth-order valence-corrected chi connectivity index (χ4v) is 3.76. The summed E-state index contributed by atoms with van der Waals surface area (Å²) in [6.45, 7) is 3.22. The maximum atomic E-state index is 12.5. The minimum absolute atomic E-state index is 0.112. The minimum Gasteiger partial charge on any atom is -0.493 e. The van der Waals surface area contributed by atoms with Gasteiger partial charge in [-0.25, -0.2) is 4.79 Å². The second-order valence-electron chi connectivity index (χ2n) is 6.63. The van der Waals surface area contributed by atoms with Crippen LogP contribution >= 0.6 is 0 Å². The number of carbonyl (C=O) groups excluding carboxylic acids is 2. The third-order valence-corrected chi connectivity index (χ3v) is 5.13. The molecule has 3 aliphatic heterocycles. The Kier molecular flexibility index (Phi) is 4.04. The molecule has 2 amide bonds. The van der Waals surface area contributed by atoms with E-state index in [1.165, 1.54) is 11.1 Å². The molecule has 6 nitrogen and oxygen atoms in total. The van der Waals surface area contributed by atoms with Gasteiger partial charge in [0.05, 0.1) is 19.2 Å². The third kappa shape index (κ3) is 2.92. The summed E-state index contributed by atoms with van der Waals surface area (Å²) in [7, 11) is 0. The van der Waals surface area contributed by atoms with Crippen LogP contribution in [0.4, 0.5) is 4.79 Å². The molecule has 0 spiro atoms. The topological polar surface area (TPSA) is 59.1 Å². The fourth-order valence-electron chi connectivity index (χ4n) is 3.76. The first-order valence-corrected chi connectivity index (χ1v) is 8.66. The molecule has 0 N–H and O–H groups in total. The lowest BCUT2D eigenvalue weighted by molar-refractivity contribution is -0.130. The molecule has 128 valence electrons. The second kappa shape index (κ2) is 6.34. The average Bonchev–Trinajstić information content (AvgIpc) is 3.31. The lowest BCUT2D eigenvalue weighted by Gasteiger charge is -2.22. The molecule has 1 unspecified atom stereocenters. The summed E-state index contributed by atoms with van der Waals surface area (Å²) in [6.07, 6.45) is 2.82. The van der Waals surface area contributed by atoms with Crippen molar-refractivity contribution < 1.29 is 19.1 Å². The second-order valence-corrected chi connectivity index (χ2v) is 6.63. The summed E-state index contributed by atoms with van der Waals surface area (Å²) in [5.41, 5.74) is 2.43. The Morgan fingerprint density at radius 3 is 2.96 bits per heavy atom. The quantitative estimate of drug-likeness (QED) is 0.841. The van der Waals surface area contributed by atoms with E-state index < -0.39 is 0 Å². The molecule has 0 bridgehead atoms. The van der Waals surface area contributed by atoms with Crippen LogP contribution in [0.5, 0.6) is 5.75 Å². The molecule has 3 heterocycles. The summed E-state index contributed by atoms with van der Waals surface area (Å²) in [6, 6.07) is 6.32. The number of amides is 2. The van der Waals surface area contributed by atoms with Crippen LogP contribution in [0, 0.1) is 0 Å². The summed E-state index contributed by atoms with van der Waals surface area (Å²) in [5.74, 6) is 1.15. The van der Waals surface area contributed by atoms with Crippen molar-refractivity contribution in [2.45, 2.75) is 31.7 Å². The van der Waals surface area contributed by atoms with Gasteiger partial charge in [-0.2, -0.15) is 0 Å². The smallest absolute Gasteiger partial charge is 0.410 e. The highest BCUT2D eigenvalue weighted by atomic mass is 16.6. The maximum absolute atomic E-state index is 12.5. The lowest BCUT2D eigenvalue weighted by atomic mass is 10.0. The highest BCUT2D eigenvalue weighted by Crippen LogP contribution is 2.26. The third-order valence-electron chi connectivity index (χ3n) is 5.13. The molecule has 0 radical (unpaired) electrons. The van der Waals surface area contributed by atoms with Crippen molar-refractivity contribution in [3.8, 4) is 5.75 Å². The van der Waals surface area contributed by atoms with Gasteiger partial charge in [0.25, 0.3) is 0 Å². The molecule has 0 aliphatic carbocycles. The van der Waals surface area contributed by atoms with Gasteiger partial charge in [-0.3, -0.25) is 9.69 Å². The van der Waals surface area contributed by atoms with E-state index >= 15 is 0 Å². The molecule has 2 saturated heterocycles. The number of hydrogen-bond acceptors (Lipinski definition) is 4.